The van der Waals surface area contributed by atoms with E-state index in [0.29, 0.717) is 13.2 Å². The molecule has 0 bridgehead atoms. The van der Waals surface area contributed by atoms with E-state index in [-0.39, 0.29) is 17.7 Å². The minimum Gasteiger partial charge on any atom is -0.493 e. The third-order valence-corrected chi connectivity index (χ3v) is 3.86. The zero-order valence-corrected chi connectivity index (χ0v) is 11.1. The molecule has 3 rings (SSSR count). The second kappa shape index (κ2) is 5.31. The molecule has 19 heavy (non-hydrogen) atoms. The SMILES string of the molecule is CCNC1COCC1C(=O)c1ccc2c(c1)CCO2. The maximum Gasteiger partial charge on any atom is 0.169 e. The molecule has 1 saturated heterocycles. The first-order valence-corrected chi connectivity index (χ1v) is 6.90. The topological polar surface area (TPSA) is 47.6 Å². The van der Waals surface area contributed by atoms with Gasteiger partial charge in [-0.2, -0.15) is 0 Å². The van der Waals surface area contributed by atoms with Crippen LogP contribution in [0, 0.1) is 5.92 Å². The maximum atomic E-state index is 12.6. The van der Waals surface area contributed by atoms with Crippen LogP contribution in [0.25, 0.3) is 0 Å². The number of likely N-dealkylation sites (N-methyl/N-ethyl adjacent to an activating group) is 1. The van der Waals surface area contributed by atoms with Gasteiger partial charge in [-0.05, 0) is 30.3 Å². The Bertz CT molecular complexity index is 486. The van der Waals surface area contributed by atoms with Crippen molar-refractivity contribution in [2.45, 2.75) is 19.4 Å². The molecular weight excluding hydrogens is 242 g/mol. The van der Waals surface area contributed by atoms with Gasteiger partial charge in [0, 0.05) is 18.0 Å². The Balaban J connectivity index is 1.79. The van der Waals surface area contributed by atoms with Gasteiger partial charge in [-0.15, -0.1) is 0 Å². The summed E-state index contributed by atoms with van der Waals surface area (Å²) in [6.45, 7) is 4.77. The summed E-state index contributed by atoms with van der Waals surface area (Å²) in [5.41, 5.74) is 1.92. The predicted octanol–water partition coefficient (Wildman–Crippen LogP) is 1.43. The Morgan fingerprint density at radius 3 is 3.16 bits per heavy atom. The van der Waals surface area contributed by atoms with Crippen molar-refractivity contribution in [2.24, 2.45) is 5.92 Å². The molecule has 0 radical (unpaired) electrons. The molecule has 0 spiro atoms. The Kier molecular flexibility index (Phi) is 3.53. The van der Waals surface area contributed by atoms with Gasteiger partial charge in [0.1, 0.15) is 5.75 Å². The van der Waals surface area contributed by atoms with Crippen LogP contribution in [0.5, 0.6) is 5.75 Å². The van der Waals surface area contributed by atoms with Crippen LogP contribution < -0.4 is 10.1 Å². The van der Waals surface area contributed by atoms with Crippen molar-refractivity contribution < 1.29 is 14.3 Å². The molecule has 2 aliphatic heterocycles. The Morgan fingerprint density at radius 1 is 1.42 bits per heavy atom. The van der Waals surface area contributed by atoms with Crippen molar-refractivity contribution in [3.63, 3.8) is 0 Å². The molecule has 0 aromatic heterocycles. The average molecular weight is 261 g/mol. The first-order valence-electron chi connectivity index (χ1n) is 6.90. The number of nitrogens with one attached hydrogen (secondary N) is 1. The van der Waals surface area contributed by atoms with E-state index in [0.717, 1.165) is 36.4 Å². The van der Waals surface area contributed by atoms with E-state index in [1.54, 1.807) is 0 Å². The van der Waals surface area contributed by atoms with Gasteiger partial charge in [0.2, 0.25) is 0 Å². The Hall–Kier alpha value is -1.39. The fourth-order valence-electron chi connectivity index (χ4n) is 2.83. The number of Topliss-reactive ketones (excluding diaryl/α,β-unsaturated/α-hetero) is 1. The summed E-state index contributed by atoms with van der Waals surface area (Å²) < 4.78 is 10.9. The maximum absolute atomic E-state index is 12.6. The molecule has 2 unspecified atom stereocenters. The van der Waals surface area contributed by atoms with Crippen LogP contribution in [-0.4, -0.2) is 38.2 Å². The normalized spacial score (nSPS) is 25.1. The lowest BCUT2D eigenvalue weighted by molar-refractivity contribution is 0.0891. The van der Waals surface area contributed by atoms with Crippen molar-refractivity contribution in [2.75, 3.05) is 26.4 Å². The summed E-state index contributed by atoms with van der Waals surface area (Å²) in [6.07, 6.45) is 0.897. The smallest absolute Gasteiger partial charge is 0.169 e. The molecule has 102 valence electrons. The highest BCUT2D eigenvalue weighted by Gasteiger charge is 2.34. The standard InChI is InChI=1S/C15H19NO3/c1-2-16-13-9-18-8-12(13)15(17)11-3-4-14-10(7-11)5-6-19-14/h3-4,7,12-13,16H,2,5-6,8-9H2,1H3. The summed E-state index contributed by atoms with van der Waals surface area (Å²) >= 11 is 0. The molecule has 4 heteroatoms. The number of benzene rings is 1. The first-order chi connectivity index (χ1) is 9.29. The number of fused-ring (bicyclic) bond motifs is 1. The third kappa shape index (κ3) is 2.38. The van der Waals surface area contributed by atoms with Gasteiger partial charge in [-0.25, -0.2) is 0 Å². The summed E-state index contributed by atoms with van der Waals surface area (Å²) in [7, 11) is 0. The average Bonchev–Trinajstić information content (AvgIpc) is 3.05. The highest BCUT2D eigenvalue weighted by atomic mass is 16.5. The summed E-state index contributed by atoms with van der Waals surface area (Å²) in [4.78, 5) is 12.6. The number of hydrogen-bond acceptors (Lipinski definition) is 4. The fourth-order valence-corrected chi connectivity index (χ4v) is 2.83. The Labute approximate surface area is 113 Å². The zero-order chi connectivity index (χ0) is 13.2. The lowest BCUT2D eigenvalue weighted by Crippen LogP contribution is -2.39. The number of ketones is 1. The van der Waals surface area contributed by atoms with Crippen molar-refractivity contribution >= 4 is 5.78 Å². The second-order valence-electron chi connectivity index (χ2n) is 5.09. The van der Waals surface area contributed by atoms with Crippen LogP contribution in [-0.2, 0) is 11.2 Å². The highest BCUT2D eigenvalue weighted by molar-refractivity contribution is 5.99. The third-order valence-electron chi connectivity index (χ3n) is 3.86. The van der Waals surface area contributed by atoms with Gasteiger partial charge in [0.25, 0.3) is 0 Å². The van der Waals surface area contributed by atoms with Gasteiger partial charge >= 0.3 is 0 Å². The van der Waals surface area contributed by atoms with Crippen molar-refractivity contribution in [1.82, 2.24) is 5.32 Å². The minimum atomic E-state index is -0.0691. The summed E-state index contributed by atoms with van der Waals surface area (Å²) in [5, 5.41) is 3.33. The molecule has 1 aromatic rings. The highest BCUT2D eigenvalue weighted by Crippen LogP contribution is 2.28. The van der Waals surface area contributed by atoms with Gasteiger partial charge < -0.3 is 14.8 Å². The largest absolute Gasteiger partial charge is 0.493 e. The van der Waals surface area contributed by atoms with E-state index in [9.17, 15) is 4.79 Å². The van der Waals surface area contributed by atoms with E-state index in [1.165, 1.54) is 0 Å². The van der Waals surface area contributed by atoms with Crippen LogP contribution in [0.1, 0.15) is 22.8 Å². The monoisotopic (exact) mass is 261 g/mol. The van der Waals surface area contributed by atoms with E-state index in [2.05, 4.69) is 5.32 Å². The molecule has 0 saturated carbocycles. The number of hydrogen-bond donors (Lipinski definition) is 1. The lowest BCUT2D eigenvalue weighted by atomic mass is 9.92. The lowest BCUT2D eigenvalue weighted by Gasteiger charge is -2.17. The van der Waals surface area contributed by atoms with Crippen LogP contribution in [0.15, 0.2) is 18.2 Å². The Morgan fingerprint density at radius 2 is 2.32 bits per heavy atom. The first kappa shape index (κ1) is 12.6. The predicted molar refractivity (Wildman–Crippen MR) is 71.7 cm³/mol. The molecule has 2 aliphatic rings. The van der Waals surface area contributed by atoms with Crippen LogP contribution in [0.2, 0.25) is 0 Å². The summed E-state index contributed by atoms with van der Waals surface area (Å²) in [6, 6.07) is 5.90. The van der Waals surface area contributed by atoms with Crippen molar-refractivity contribution in [3.05, 3.63) is 29.3 Å². The molecular formula is C15H19NO3. The van der Waals surface area contributed by atoms with Crippen molar-refractivity contribution in [1.29, 1.82) is 0 Å². The van der Waals surface area contributed by atoms with Crippen LogP contribution >= 0.6 is 0 Å². The van der Waals surface area contributed by atoms with E-state index >= 15 is 0 Å². The molecule has 1 N–H and O–H groups in total. The molecule has 2 heterocycles. The van der Waals surface area contributed by atoms with Gasteiger partial charge in [-0.3, -0.25) is 4.79 Å². The molecule has 1 aromatic carbocycles. The van der Waals surface area contributed by atoms with Crippen LogP contribution in [0.4, 0.5) is 0 Å². The minimum absolute atomic E-state index is 0.0691. The van der Waals surface area contributed by atoms with Crippen LogP contribution in [0.3, 0.4) is 0 Å². The fraction of sp³-hybridized carbons (Fsp3) is 0.533. The second-order valence-corrected chi connectivity index (χ2v) is 5.09. The van der Waals surface area contributed by atoms with E-state index < -0.39 is 0 Å². The number of rotatable bonds is 4. The molecule has 0 amide bonds. The van der Waals surface area contributed by atoms with Gasteiger partial charge in [0.15, 0.2) is 5.78 Å². The molecule has 1 fully saturated rings. The number of carbonyl (C=O) groups is 1. The molecule has 0 aliphatic carbocycles. The van der Waals surface area contributed by atoms with Gasteiger partial charge in [0.05, 0.1) is 25.7 Å². The van der Waals surface area contributed by atoms with Gasteiger partial charge in [-0.1, -0.05) is 6.92 Å². The zero-order valence-electron chi connectivity index (χ0n) is 11.1. The van der Waals surface area contributed by atoms with E-state index in [4.69, 9.17) is 9.47 Å². The molecule has 4 nitrogen and oxygen atoms in total. The van der Waals surface area contributed by atoms with Crippen molar-refractivity contribution in [3.8, 4) is 5.75 Å². The summed E-state index contributed by atoms with van der Waals surface area (Å²) in [5.74, 6) is 1.03. The number of carbonyl (C=O) groups excluding carboxylic acids is 1. The molecule has 2 atom stereocenters. The quantitative estimate of drug-likeness (QED) is 0.833. The van der Waals surface area contributed by atoms with E-state index in [1.807, 2.05) is 25.1 Å². The number of ether oxygens (including phenoxy) is 2.